The van der Waals surface area contributed by atoms with E-state index in [0.29, 0.717) is 5.69 Å². The number of nitrogens with two attached hydrogens (primary N) is 1. The number of azo groups is 1. The second-order valence-electron chi connectivity index (χ2n) is 6.66. The van der Waals surface area contributed by atoms with Gasteiger partial charge < -0.3 is 10.8 Å². The minimum atomic E-state index is -4.53. The summed E-state index contributed by atoms with van der Waals surface area (Å²) in [6, 6.07) is 10.5. The summed E-state index contributed by atoms with van der Waals surface area (Å²) < 4.78 is 59.2. The number of phenolic OH excluding ortho intramolecular Hbond substituents is 1. The van der Waals surface area contributed by atoms with Crippen LogP contribution in [0, 0.1) is 0 Å². The number of aromatic nitrogens is 1. The van der Waals surface area contributed by atoms with E-state index in [4.69, 9.17) is 5.73 Å². The van der Waals surface area contributed by atoms with Gasteiger partial charge in [0.1, 0.15) is 11.4 Å². The van der Waals surface area contributed by atoms with Crippen molar-refractivity contribution in [1.82, 2.24) is 4.98 Å². The highest BCUT2D eigenvalue weighted by molar-refractivity contribution is 7.93. The molecule has 0 aliphatic carbocycles. The summed E-state index contributed by atoms with van der Waals surface area (Å²) >= 11 is 1.14. The summed E-state index contributed by atoms with van der Waals surface area (Å²) in [5.41, 5.74) is 6.50. The second kappa shape index (κ2) is 8.40. The van der Waals surface area contributed by atoms with Crippen molar-refractivity contribution < 1.29 is 26.5 Å². The van der Waals surface area contributed by atoms with E-state index >= 15 is 0 Å². The zero-order valence-electron chi connectivity index (χ0n) is 16.4. The van der Waals surface area contributed by atoms with Gasteiger partial charge in [0.25, 0.3) is 20.1 Å². The molecule has 33 heavy (non-hydrogen) atoms. The number of thiazole rings is 1. The second-order valence-corrected chi connectivity index (χ2v) is 10.7. The van der Waals surface area contributed by atoms with Crippen LogP contribution in [0.15, 0.2) is 80.1 Å². The number of rotatable bonds is 6. The molecule has 0 saturated heterocycles. The molecule has 0 bridgehead atoms. The Bertz CT molecular complexity index is 1580. The van der Waals surface area contributed by atoms with Gasteiger partial charge in [-0.15, -0.1) is 16.5 Å². The maximum Gasteiger partial charge on any atom is 0.294 e. The van der Waals surface area contributed by atoms with Crippen LogP contribution in [-0.2, 0) is 20.1 Å². The van der Waals surface area contributed by atoms with Crippen LogP contribution in [0.1, 0.15) is 0 Å². The summed E-state index contributed by atoms with van der Waals surface area (Å²) in [5, 5.41) is 20.7. The first kappa shape index (κ1) is 22.6. The molecule has 4 aromatic rings. The third kappa shape index (κ3) is 4.78. The highest BCUT2D eigenvalue weighted by Crippen LogP contribution is 2.40. The number of nitrogens with zero attached hydrogens (tertiary/aromatic N) is 3. The van der Waals surface area contributed by atoms with Gasteiger partial charge in [0.15, 0.2) is 5.13 Å². The summed E-state index contributed by atoms with van der Waals surface area (Å²) in [7, 11) is -8.35. The smallest absolute Gasteiger partial charge is 0.294 e. The number of aromatic hydroxyl groups is 1. The largest absolute Gasteiger partial charge is 0.507 e. The van der Waals surface area contributed by atoms with Gasteiger partial charge >= 0.3 is 0 Å². The molecule has 5 N–H and O–H groups in total. The monoisotopic (exact) mass is 505 g/mol. The molecule has 3 aromatic carbocycles. The Morgan fingerprint density at radius 3 is 2.33 bits per heavy atom. The van der Waals surface area contributed by atoms with Crippen molar-refractivity contribution >= 4 is 64.4 Å². The number of hydrogen-bond acceptors (Lipinski definition) is 10. The van der Waals surface area contributed by atoms with E-state index < -0.39 is 30.8 Å². The summed E-state index contributed by atoms with van der Waals surface area (Å²) in [5.74, 6) is -0.462. The van der Waals surface area contributed by atoms with Crippen molar-refractivity contribution in [3.63, 3.8) is 0 Å². The fraction of sp³-hybridized carbons (Fsp3) is 0. The van der Waals surface area contributed by atoms with Gasteiger partial charge in [0.2, 0.25) is 0 Å². The highest BCUT2D eigenvalue weighted by atomic mass is 32.2. The normalized spacial score (nSPS) is 12.4. The van der Waals surface area contributed by atoms with Crippen LogP contribution in [0.25, 0.3) is 10.8 Å². The Kier molecular flexibility index (Phi) is 5.75. The van der Waals surface area contributed by atoms with Crippen LogP contribution in [0.3, 0.4) is 0 Å². The molecule has 0 atom stereocenters. The number of anilines is 2. The molecule has 1 heterocycles. The number of phenols is 1. The van der Waals surface area contributed by atoms with Gasteiger partial charge in [-0.1, -0.05) is 6.07 Å². The van der Waals surface area contributed by atoms with Crippen LogP contribution in [-0.4, -0.2) is 31.5 Å². The molecule has 1 aromatic heterocycles. The average Bonchev–Trinajstić information content (AvgIpc) is 3.25. The Morgan fingerprint density at radius 1 is 0.970 bits per heavy atom. The fourth-order valence-corrected chi connectivity index (χ4v) is 5.24. The Hall–Kier alpha value is -3.59. The van der Waals surface area contributed by atoms with E-state index in [1.807, 2.05) is 0 Å². The highest BCUT2D eigenvalue weighted by Gasteiger charge is 2.17. The molecule has 0 unspecified atom stereocenters. The van der Waals surface area contributed by atoms with E-state index in [1.165, 1.54) is 42.6 Å². The predicted octanol–water partition coefficient (Wildman–Crippen LogP) is 4.05. The molecule has 11 nitrogen and oxygen atoms in total. The van der Waals surface area contributed by atoms with Crippen molar-refractivity contribution in [1.29, 1.82) is 0 Å². The first-order chi connectivity index (χ1) is 15.5. The molecule has 0 spiro atoms. The third-order valence-electron chi connectivity index (χ3n) is 4.44. The molecule has 0 fully saturated rings. The topological polar surface area (TPSA) is 184 Å². The summed E-state index contributed by atoms with van der Waals surface area (Å²) in [4.78, 5) is 3.40. The van der Waals surface area contributed by atoms with Crippen LogP contribution in [0.5, 0.6) is 5.75 Å². The zero-order chi connectivity index (χ0) is 23.8. The lowest BCUT2D eigenvalue weighted by atomic mass is 10.1. The van der Waals surface area contributed by atoms with Crippen LogP contribution >= 0.6 is 11.3 Å². The van der Waals surface area contributed by atoms with Gasteiger partial charge in [-0.05, 0) is 41.8 Å². The molecule has 0 saturated carbocycles. The Morgan fingerprint density at radius 2 is 1.70 bits per heavy atom. The maximum absolute atomic E-state index is 12.4. The lowest BCUT2D eigenvalue weighted by Gasteiger charge is -2.09. The fourth-order valence-electron chi connectivity index (χ4n) is 2.92. The molecule has 0 radical (unpaired) electrons. The van der Waals surface area contributed by atoms with E-state index in [2.05, 4.69) is 19.9 Å². The minimum absolute atomic E-state index is 0.00304. The van der Waals surface area contributed by atoms with E-state index in [1.54, 1.807) is 5.38 Å². The first-order valence-corrected chi connectivity index (χ1v) is 12.8. The SMILES string of the molecule is Nc1ccc2cc(S(=O)(=O)O)cc(O)c2c1N=Nc1ccc(S(=O)(=O)Nc2nccs2)cc1. The molecular weight excluding hydrogens is 490 g/mol. The molecule has 14 heteroatoms. The number of nitrogens with one attached hydrogen (secondary N) is 1. The van der Waals surface area contributed by atoms with Crippen molar-refractivity contribution in [3.05, 3.63) is 60.1 Å². The quantitative estimate of drug-likeness (QED) is 0.172. The van der Waals surface area contributed by atoms with Gasteiger partial charge in [0.05, 0.1) is 26.6 Å². The number of hydrogen-bond donors (Lipinski definition) is 4. The molecule has 170 valence electrons. The van der Waals surface area contributed by atoms with Crippen molar-refractivity contribution in [2.45, 2.75) is 9.79 Å². The predicted molar refractivity (Wildman–Crippen MR) is 123 cm³/mol. The van der Waals surface area contributed by atoms with Crippen LogP contribution in [0.2, 0.25) is 0 Å². The van der Waals surface area contributed by atoms with E-state index in [0.717, 1.165) is 23.5 Å². The Balaban J connectivity index is 1.66. The van der Waals surface area contributed by atoms with Crippen molar-refractivity contribution in [2.75, 3.05) is 10.5 Å². The van der Waals surface area contributed by atoms with Crippen LogP contribution in [0.4, 0.5) is 22.2 Å². The third-order valence-corrected chi connectivity index (χ3v) is 7.44. The lowest BCUT2D eigenvalue weighted by molar-refractivity contribution is 0.471. The van der Waals surface area contributed by atoms with E-state index in [-0.39, 0.29) is 32.2 Å². The molecule has 0 aliphatic rings. The van der Waals surface area contributed by atoms with Crippen molar-refractivity contribution in [3.8, 4) is 5.75 Å². The number of fused-ring (bicyclic) bond motifs is 1. The van der Waals surface area contributed by atoms with Crippen molar-refractivity contribution in [2.24, 2.45) is 10.2 Å². The summed E-state index contributed by atoms with van der Waals surface area (Å²) in [6.07, 6.45) is 1.48. The molecule has 4 rings (SSSR count). The van der Waals surface area contributed by atoms with Gasteiger partial charge in [-0.2, -0.15) is 13.5 Å². The van der Waals surface area contributed by atoms with Crippen LogP contribution < -0.4 is 10.5 Å². The molecular formula is C19H15N5O6S3. The zero-order valence-corrected chi connectivity index (χ0v) is 18.9. The summed E-state index contributed by atoms with van der Waals surface area (Å²) in [6.45, 7) is 0. The van der Waals surface area contributed by atoms with E-state index in [9.17, 15) is 26.5 Å². The minimum Gasteiger partial charge on any atom is -0.507 e. The molecule has 0 amide bonds. The van der Waals surface area contributed by atoms with Gasteiger partial charge in [-0.25, -0.2) is 13.4 Å². The Labute approximate surface area is 192 Å². The number of nitrogen functional groups attached to an aromatic ring is 1. The lowest BCUT2D eigenvalue weighted by Crippen LogP contribution is -2.12. The first-order valence-electron chi connectivity index (χ1n) is 9.01. The average molecular weight is 506 g/mol. The van der Waals surface area contributed by atoms with Gasteiger partial charge in [0, 0.05) is 17.6 Å². The number of benzene rings is 3. The number of sulfonamides is 1. The van der Waals surface area contributed by atoms with Gasteiger partial charge in [-0.3, -0.25) is 9.27 Å². The maximum atomic E-state index is 12.4. The molecule has 0 aliphatic heterocycles. The standard InChI is InChI=1S/C19H15N5O6S3/c20-15-6-1-11-9-14(33(28,29)30)10-16(25)17(11)18(15)23-22-12-2-4-13(5-3-12)32(26,27)24-19-21-7-8-31-19/h1-10,25H,20H2,(H,21,24)(H,28,29,30).